The first kappa shape index (κ1) is 11.9. The predicted octanol–water partition coefficient (Wildman–Crippen LogP) is 2.04. The molecule has 1 aliphatic rings. The molecule has 1 N–H and O–H groups in total. The number of carboxylic acids is 1. The molecule has 92 valence electrons. The van der Waals surface area contributed by atoms with Crippen LogP contribution < -0.4 is 4.74 Å². The van der Waals surface area contributed by atoms with Crippen LogP contribution in [0.4, 0.5) is 0 Å². The van der Waals surface area contributed by atoms with E-state index in [9.17, 15) is 9.90 Å². The van der Waals surface area contributed by atoms with Gasteiger partial charge in [0.15, 0.2) is 0 Å². The Morgan fingerprint density at radius 3 is 2.88 bits per heavy atom. The number of benzene rings is 1. The standard InChI is InChI=1S/C13H16O4/c1-16-10-6-3-2-5-9(10)12(13(14)15)11-7-4-8-17-11/h2-3,5-6,11-12H,4,7-8H2,1H3,(H,14,15). The molecule has 0 aliphatic carbocycles. The van der Waals surface area contributed by atoms with E-state index in [0.29, 0.717) is 17.9 Å². The lowest BCUT2D eigenvalue weighted by Gasteiger charge is -2.21. The van der Waals surface area contributed by atoms with Crippen LogP contribution in [0.5, 0.6) is 5.75 Å². The van der Waals surface area contributed by atoms with Crippen molar-refractivity contribution >= 4 is 5.97 Å². The first-order chi connectivity index (χ1) is 8.24. The van der Waals surface area contributed by atoms with Crippen LogP contribution >= 0.6 is 0 Å². The van der Waals surface area contributed by atoms with Crippen LogP contribution in [-0.2, 0) is 9.53 Å². The van der Waals surface area contributed by atoms with Gasteiger partial charge in [-0.1, -0.05) is 18.2 Å². The topological polar surface area (TPSA) is 55.8 Å². The van der Waals surface area contributed by atoms with Gasteiger partial charge in [-0.25, -0.2) is 0 Å². The molecule has 1 aromatic rings. The van der Waals surface area contributed by atoms with E-state index < -0.39 is 11.9 Å². The normalized spacial score (nSPS) is 21.1. The summed E-state index contributed by atoms with van der Waals surface area (Å²) < 4.78 is 10.7. The van der Waals surface area contributed by atoms with Crippen molar-refractivity contribution in [3.8, 4) is 5.75 Å². The SMILES string of the molecule is COc1ccccc1C(C(=O)O)C1CCCO1. The molecule has 1 fully saturated rings. The zero-order chi connectivity index (χ0) is 12.3. The molecule has 1 aliphatic heterocycles. The molecule has 1 saturated heterocycles. The number of aliphatic carboxylic acids is 1. The Balaban J connectivity index is 2.34. The summed E-state index contributed by atoms with van der Waals surface area (Å²) in [5.74, 6) is -0.898. The van der Waals surface area contributed by atoms with Crippen molar-refractivity contribution in [2.75, 3.05) is 13.7 Å². The number of carbonyl (C=O) groups is 1. The Morgan fingerprint density at radius 2 is 2.29 bits per heavy atom. The van der Waals surface area contributed by atoms with Gasteiger partial charge in [-0.3, -0.25) is 4.79 Å². The minimum atomic E-state index is -0.860. The van der Waals surface area contributed by atoms with Crippen LogP contribution in [0.3, 0.4) is 0 Å². The third-order valence-electron chi connectivity index (χ3n) is 3.08. The van der Waals surface area contributed by atoms with Crippen molar-refractivity contribution in [2.45, 2.75) is 24.9 Å². The number of para-hydroxylation sites is 1. The Hall–Kier alpha value is -1.55. The molecule has 0 spiro atoms. The van der Waals surface area contributed by atoms with Crippen LogP contribution in [0.1, 0.15) is 24.3 Å². The Labute approximate surface area is 100 Å². The molecule has 2 rings (SSSR count). The Morgan fingerprint density at radius 1 is 1.53 bits per heavy atom. The molecule has 0 bridgehead atoms. The summed E-state index contributed by atoms with van der Waals surface area (Å²) >= 11 is 0. The van der Waals surface area contributed by atoms with E-state index in [-0.39, 0.29) is 6.10 Å². The summed E-state index contributed by atoms with van der Waals surface area (Å²) in [6.07, 6.45) is 1.46. The fourth-order valence-electron chi connectivity index (χ4n) is 2.28. The van der Waals surface area contributed by atoms with Gasteiger partial charge < -0.3 is 14.6 Å². The number of methoxy groups -OCH3 is 1. The van der Waals surface area contributed by atoms with E-state index in [1.54, 1.807) is 19.2 Å². The second-order valence-electron chi connectivity index (χ2n) is 4.11. The molecule has 2 unspecified atom stereocenters. The van der Waals surface area contributed by atoms with Crippen molar-refractivity contribution in [2.24, 2.45) is 0 Å². The van der Waals surface area contributed by atoms with Gasteiger partial charge in [0.1, 0.15) is 11.7 Å². The van der Waals surface area contributed by atoms with E-state index in [4.69, 9.17) is 9.47 Å². The summed E-state index contributed by atoms with van der Waals surface area (Å²) in [6, 6.07) is 7.22. The first-order valence-corrected chi connectivity index (χ1v) is 5.71. The molecule has 0 amide bonds. The molecule has 17 heavy (non-hydrogen) atoms. The Kier molecular flexibility index (Phi) is 3.64. The maximum Gasteiger partial charge on any atom is 0.313 e. The number of rotatable bonds is 4. The first-order valence-electron chi connectivity index (χ1n) is 5.71. The molecule has 1 aromatic carbocycles. The highest BCUT2D eigenvalue weighted by Crippen LogP contribution is 2.34. The zero-order valence-electron chi connectivity index (χ0n) is 9.76. The van der Waals surface area contributed by atoms with Gasteiger partial charge in [0.2, 0.25) is 0 Å². The average molecular weight is 236 g/mol. The highest BCUT2D eigenvalue weighted by molar-refractivity contribution is 5.78. The van der Waals surface area contributed by atoms with Crippen LogP contribution in [0, 0.1) is 0 Å². The summed E-state index contributed by atoms with van der Waals surface area (Å²) in [4.78, 5) is 11.4. The maximum atomic E-state index is 11.4. The molecule has 1 heterocycles. The minimum absolute atomic E-state index is 0.246. The van der Waals surface area contributed by atoms with E-state index in [1.807, 2.05) is 12.1 Å². The van der Waals surface area contributed by atoms with E-state index in [0.717, 1.165) is 12.8 Å². The fraction of sp³-hybridized carbons (Fsp3) is 0.462. The van der Waals surface area contributed by atoms with Gasteiger partial charge in [0.05, 0.1) is 13.2 Å². The molecule has 0 aromatic heterocycles. The summed E-state index contributed by atoms with van der Waals surface area (Å²) in [7, 11) is 1.55. The Bertz CT molecular complexity index is 396. The van der Waals surface area contributed by atoms with Crippen LogP contribution in [0.25, 0.3) is 0 Å². The number of hydrogen-bond donors (Lipinski definition) is 1. The second-order valence-corrected chi connectivity index (χ2v) is 4.11. The lowest BCUT2D eigenvalue weighted by molar-refractivity contribution is -0.142. The van der Waals surface area contributed by atoms with Gasteiger partial charge in [-0.2, -0.15) is 0 Å². The van der Waals surface area contributed by atoms with E-state index in [2.05, 4.69) is 0 Å². The van der Waals surface area contributed by atoms with Crippen molar-refractivity contribution < 1.29 is 19.4 Å². The van der Waals surface area contributed by atoms with Gasteiger partial charge in [0.25, 0.3) is 0 Å². The van der Waals surface area contributed by atoms with Crippen molar-refractivity contribution in [3.63, 3.8) is 0 Å². The predicted molar refractivity (Wildman–Crippen MR) is 62.3 cm³/mol. The van der Waals surface area contributed by atoms with Gasteiger partial charge in [-0.05, 0) is 18.9 Å². The monoisotopic (exact) mass is 236 g/mol. The van der Waals surface area contributed by atoms with Gasteiger partial charge in [-0.15, -0.1) is 0 Å². The fourth-order valence-corrected chi connectivity index (χ4v) is 2.28. The number of carboxylic acid groups (broad SMARTS) is 1. The van der Waals surface area contributed by atoms with E-state index >= 15 is 0 Å². The molecule has 4 heteroatoms. The summed E-state index contributed by atoms with van der Waals surface area (Å²) in [6.45, 7) is 0.642. The number of ether oxygens (including phenoxy) is 2. The highest BCUT2D eigenvalue weighted by Gasteiger charge is 2.34. The third kappa shape index (κ3) is 2.42. The quantitative estimate of drug-likeness (QED) is 0.869. The highest BCUT2D eigenvalue weighted by atomic mass is 16.5. The van der Waals surface area contributed by atoms with Crippen molar-refractivity contribution in [1.29, 1.82) is 0 Å². The molecular weight excluding hydrogens is 220 g/mol. The van der Waals surface area contributed by atoms with Crippen molar-refractivity contribution in [3.05, 3.63) is 29.8 Å². The smallest absolute Gasteiger partial charge is 0.313 e. The largest absolute Gasteiger partial charge is 0.496 e. The molecule has 4 nitrogen and oxygen atoms in total. The maximum absolute atomic E-state index is 11.4. The molecule has 0 saturated carbocycles. The molecule has 0 radical (unpaired) electrons. The summed E-state index contributed by atoms with van der Waals surface area (Å²) in [5.41, 5.74) is 0.689. The lowest BCUT2D eigenvalue weighted by Crippen LogP contribution is -2.25. The van der Waals surface area contributed by atoms with Crippen LogP contribution in [-0.4, -0.2) is 30.9 Å². The number of hydrogen-bond acceptors (Lipinski definition) is 3. The summed E-state index contributed by atoms with van der Waals surface area (Å²) in [5, 5.41) is 9.37. The van der Waals surface area contributed by atoms with Gasteiger partial charge in [0, 0.05) is 12.2 Å². The van der Waals surface area contributed by atoms with Crippen molar-refractivity contribution in [1.82, 2.24) is 0 Å². The van der Waals surface area contributed by atoms with Crippen LogP contribution in [0.15, 0.2) is 24.3 Å². The molecular formula is C13H16O4. The van der Waals surface area contributed by atoms with Crippen LogP contribution in [0.2, 0.25) is 0 Å². The minimum Gasteiger partial charge on any atom is -0.496 e. The molecule has 2 atom stereocenters. The average Bonchev–Trinajstić information content (AvgIpc) is 2.83. The van der Waals surface area contributed by atoms with E-state index in [1.165, 1.54) is 0 Å². The zero-order valence-corrected chi connectivity index (χ0v) is 9.76. The lowest BCUT2D eigenvalue weighted by atomic mass is 9.91. The third-order valence-corrected chi connectivity index (χ3v) is 3.08. The second kappa shape index (κ2) is 5.19. The van der Waals surface area contributed by atoms with Gasteiger partial charge >= 0.3 is 5.97 Å².